The number of amides is 1. The summed E-state index contributed by atoms with van der Waals surface area (Å²) in [4.78, 5) is 23.0. The van der Waals surface area contributed by atoms with Gasteiger partial charge in [0.05, 0.1) is 4.92 Å². The molecule has 0 saturated carbocycles. The van der Waals surface area contributed by atoms with Gasteiger partial charge in [0.2, 0.25) is 0 Å². The summed E-state index contributed by atoms with van der Waals surface area (Å²) in [5, 5.41) is 13.9. The molecule has 0 aromatic heterocycles. The Hall–Kier alpha value is -2.69. The summed E-state index contributed by atoms with van der Waals surface area (Å²) in [5.74, 6) is -0.352. The minimum atomic E-state index is -0.458. The maximum Gasteiger partial charge on any atom is 0.293 e. The zero-order valence-corrected chi connectivity index (χ0v) is 13.3. The second-order valence-corrected chi connectivity index (χ2v) is 5.53. The van der Waals surface area contributed by atoms with Crippen LogP contribution in [0.2, 0.25) is 0 Å². The SMILES string of the molecule is CCCCc1ccc(NC(=O)c2ccc(C)cc2)c([N+](=O)[O-])c1. The van der Waals surface area contributed by atoms with Gasteiger partial charge in [-0.15, -0.1) is 0 Å². The molecule has 5 heteroatoms. The molecule has 120 valence electrons. The molecule has 0 spiro atoms. The van der Waals surface area contributed by atoms with E-state index >= 15 is 0 Å². The van der Waals surface area contributed by atoms with E-state index in [9.17, 15) is 14.9 Å². The van der Waals surface area contributed by atoms with Gasteiger partial charge in [-0.25, -0.2) is 0 Å². The Labute approximate surface area is 135 Å². The average Bonchev–Trinajstić information content (AvgIpc) is 2.54. The standard InChI is InChI=1S/C18H20N2O3/c1-3-4-5-14-8-11-16(17(12-14)20(22)23)19-18(21)15-9-6-13(2)7-10-15/h6-12H,3-5H2,1-2H3,(H,19,21). The molecular formula is C18H20N2O3. The molecule has 5 nitrogen and oxygen atoms in total. The normalized spacial score (nSPS) is 10.3. The summed E-state index contributed by atoms with van der Waals surface area (Å²) in [6.45, 7) is 4.01. The van der Waals surface area contributed by atoms with Crippen LogP contribution in [0, 0.1) is 17.0 Å². The first kappa shape index (κ1) is 16.7. The van der Waals surface area contributed by atoms with Gasteiger partial charge >= 0.3 is 0 Å². The minimum absolute atomic E-state index is 0.0703. The lowest BCUT2D eigenvalue weighted by atomic mass is 10.1. The molecule has 0 unspecified atom stereocenters. The van der Waals surface area contributed by atoms with Crippen LogP contribution in [-0.2, 0) is 6.42 Å². The van der Waals surface area contributed by atoms with E-state index in [1.165, 1.54) is 0 Å². The molecule has 1 N–H and O–H groups in total. The molecule has 1 amide bonds. The molecule has 0 aliphatic carbocycles. The number of carbonyl (C=O) groups excluding carboxylic acids is 1. The molecule has 0 heterocycles. The largest absolute Gasteiger partial charge is 0.316 e. The Balaban J connectivity index is 2.22. The van der Waals surface area contributed by atoms with Crippen molar-refractivity contribution in [2.45, 2.75) is 33.1 Å². The van der Waals surface area contributed by atoms with Gasteiger partial charge in [-0.3, -0.25) is 14.9 Å². The molecule has 0 saturated heterocycles. The number of rotatable bonds is 6. The van der Waals surface area contributed by atoms with E-state index in [1.807, 2.05) is 25.1 Å². The molecule has 0 bridgehead atoms. The molecule has 2 rings (SSSR count). The smallest absolute Gasteiger partial charge is 0.293 e. The first-order valence-corrected chi connectivity index (χ1v) is 7.66. The van der Waals surface area contributed by atoms with E-state index < -0.39 is 4.92 Å². The first-order valence-electron chi connectivity index (χ1n) is 7.66. The predicted molar refractivity (Wildman–Crippen MR) is 90.8 cm³/mol. The average molecular weight is 312 g/mol. The highest BCUT2D eigenvalue weighted by Crippen LogP contribution is 2.27. The number of nitrogens with one attached hydrogen (secondary N) is 1. The summed E-state index contributed by atoms with van der Waals surface area (Å²) in [6, 6.07) is 12.0. The van der Waals surface area contributed by atoms with Crippen molar-refractivity contribution in [3.8, 4) is 0 Å². The lowest BCUT2D eigenvalue weighted by molar-refractivity contribution is -0.384. The van der Waals surface area contributed by atoms with Crippen molar-refractivity contribution >= 4 is 17.3 Å². The Morgan fingerprint density at radius 2 is 1.87 bits per heavy atom. The van der Waals surface area contributed by atoms with Crippen LogP contribution in [0.3, 0.4) is 0 Å². The number of nitro benzene ring substituents is 1. The van der Waals surface area contributed by atoms with Gasteiger partial charge in [0.15, 0.2) is 0 Å². The second kappa shape index (κ2) is 7.54. The van der Waals surface area contributed by atoms with Crippen molar-refractivity contribution in [1.82, 2.24) is 0 Å². The molecule has 0 aliphatic rings. The Morgan fingerprint density at radius 1 is 1.17 bits per heavy atom. The van der Waals surface area contributed by atoms with Crippen LogP contribution in [-0.4, -0.2) is 10.8 Å². The van der Waals surface area contributed by atoms with Crippen LogP contribution in [0.4, 0.5) is 11.4 Å². The van der Waals surface area contributed by atoms with E-state index in [4.69, 9.17) is 0 Å². The van der Waals surface area contributed by atoms with Crippen molar-refractivity contribution < 1.29 is 9.72 Å². The van der Waals surface area contributed by atoms with Crippen LogP contribution in [0.1, 0.15) is 41.3 Å². The zero-order chi connectivity index (χ0) is 16.8. The van der Waals surface area contributed by atoms with E-state index in [2.05, 4.69) is 12.2 Å². The predicted octanol–water partition coefficient (Wildman–Crippen LogP) is 4.50. The van der Waals surface area contributed by atoms with E-state index in [0.29, 0.717) is 5.56 Å². The molecule has 2 aromatic rings. The number of nitrogens with zero attached hydrogens (tertiary/aromatic N) is 1. The van der Waals surface area contributed by atoms with Crippen molar-refractivity contribution in [2.24, 2.45) is 0 Å². The lowest BCUT2D eigenvalue weighted by Crippen LogP contribution is -2.13. The van der Waals surface area contributed by atoms with Gasteiger partial charge in [-0.05, 0) is 43.5 Å². The van der Waals surface area contributed by atoms with Gasteiger partial charge in [0.25, 0.3) is 11.6 Å². The number of aryl methyl sites for hydroxylation is 2. The van der Waals surface area contributed by atoms with Crippen molar-refractivity contribution in [3.05, 3.63) is 69.3 Å². The molecule has 0 fully saturated rings. The van der Waals surface area contributed by atoms with Crippen LogP contribution in [0.5, 0.6) is 0 Å². The highest BCUT2D eigenvalue weighted by molar-refractivity contribution is 6.05. The Kier molecular flexibility index (Phi) is 5.46. The van der Waals surface area contributed by atoms with Gasteiger partial charge in [-0.2, -0.15) is 0 Å². The second-order valence-electron chi connectivity index (χ2n) is 5.53. The maximum absolute atomic E-state index is 12.2. The van der Waals surface area contributed by atoms with Gasteiger partial charge in [0, 0.05) is 11.6 Å². The van der Waals surface area contributed by atoms with Crippen LogP contribution in [0.25, 0.3) is 0 Å². The molecule has 0 aliphatic heterocycles. The van der Waals surface area contributed by atoms with Crippen molar-refractivity contribution in [2.75, 3.05) is 5.32 Å². The zero-order valence-electron chi connectivity index (χ0n) is 13.3. The first-order chi connectivity index (χ1) is 11.0. The monoisotopic (exact) mass is 312 g/mol. The van der Waals surface area contributed by atoms with Crippen molar-refractivity contribution in [3.63, 3.8) is 0 Å². The van der Waals surface area contributed by atoms with Gasteiger partial charge in [0.1, 0.15) is 5.69 Å². The summed E-state index contributed by atoms with van der Waals surface area (Å²) < 4.78 is 0. The fourth-order valence-electron chi connectivity index (χ4n) is 2.27. The number of anilines is 1. The third-order valence-corrected chi connectivity index (χ3v) is 3.64. The van der Waals surface area contributed by atoms with Crippen molar-refractivity contribution in [1.29, 1.82) is 0 Å². The highest BCUT2D eigenvalue weighted by atomic mass is 16.6. The van der Waals surface area contributed by atoms with Crippen LogP contribution < -0.4 is 5.32 Å². The fraction of sp³-hybridized carbons (Fsp3) is 0.278. The van der Waals surface area contributed by atoms with Gasteiger partial charge in [-0.1, -0.05) is 37.1 Å². The Bertz CT molecular complexity index is 709. The van der Waals surface area contributed by atoms with E-state index in [0.717, 1.165) is 30.4 Å². The summed E-state index contributed by atoms with van der Waals surface area (Å²) >= 11 is 0. The maximum atomic E-state index is 12.2. The summed E-state index contributed by atoms with van der Waals surface area (Å²) in [6.07, 6.45) is 2.80. The molecule has 0 radical (unpaired) electrons. The fourth-order valence-corrected chi connectivity index (χ4v) is 2.27. The number of hydrogen-bond donors (Lipinski definition) is 1. The molecule has 23 heavy (non-hydrogen) atoms. The highest BCUT2D eigenvalue weighted by Gasteiger charge is 2.17. The number of hydrogen-bond acceptors (Lipinski definition) is 3. The third kappa shape index (κ3) is 4.39. The number of benzene rings is 2. The topological polar surface area (TPSA) is 72.2 Å². The quantitative estimate of drug-likeness (QED) is 0.630. The number of nitro groups is 1. The van der Waals surface area contributed by atoms with Crippen LogP contribution >= 0.6 is 0 Å². The van der Waals surface area contributed by atoms with E-state index in [-0.39, 0.29) is 17.3 Å². The van der Waals surface area contributed by atoms with Crippen LogP contribution in [0.15, 0.2) is 42.5 Å². The molecular weight excluding hydrogens is 292 g/mol. The summed E-state index contributed by atoms with van der Waals surface area (Å²) in [5.41, 5.74) is 2.58. The Morgan fingerprint density at radius 3 is 2.48 bits per heavy atom. The molecule has 2 aromatic carbocycles. The minimum Gasteiger partial charge on any atom is -0.316 e. The van der Waals surface area contributed by atoms with E-state index in [1.54, 1.807) is 24.3 Å². The molecule has 0 atom stereocenters. The lowest BCUT2D eigenvalue weighted by Gasteiger charge is -2.08. The number of unbranched alkanes of at least 4 members (excludes halogenated alkanes) is 1. The summed E-state index contributed by atoms with van der Waals surface area (Å²) in [7, 11) is 0. The van der Waals surface area contributed by atoms with Gasteiger partial charge < -0.3 is 5.32 Å². The third-order valence-electron chi connectivity index (χ3n) is 3.64. The number of carbonyl (C=O) groups is 1.